The van der Waals surface area contributed by atoms with Crippen molar-refractivity contribution in [3.63, 3.8) is 0 Å². The van der Waals surface area contributed by atoms with Crippen LogP contribution in [-0.4, -0.2) is 27.7 Å². The normalized spacial score (nSPS) is 20.2. The van der Waals surface area contributed by atoms with E-state index in [9.17, 15) is 14.7 Å². The first kappa shape index (κ1) is 14.7. The molecule has 21 heavy (non-hydrogen) atoms. The Labute approximate surface area is 124 Å². The lowest BCUT2D eigenvalue weighted by Gasteiger charge is -2.25. The Morgan fingerprint density at radius 1 is 1.48 bits per heavy atom. The first-order valence-electron chi connectivity index (χ1n) is 5.76. The number of aromatic nitrogens is 1. The van der Waals surface area contributed by atoms with Crippen molar-refractivity contribution in [1.82, 2.24) is 4.98 Å². The van der Waals surface area contributed by atoms with Crippen LogP contribution < -0.4 is 0 Å². The largest absolute Gasteiger partial charge is 0.480 e. The third-order valence-electron chi connectivity index (χ3n) is 2.90. The quantitative estimate of drug-likeness (QED) is 0.510. The molecule has 1 aliphatic heterocycles. The molecule has 7 nitrogen and oxygen atoms in total. The molecule has 8 heteroatoms. The highest BCUT2D eigenvalue weighted by molar-refractivity contribution is 7.99. The minimum absolute atomic E-state index is 0.194. The fraction of sp³-hybridized carbons (Fsp3) is 0.154. The van der Waals surface area contributed by atoms with Gasteiger partial charge in [0.05, 0.1) is 11.4 Å². The van der Waals surface area contributed by atoms with Crippen LogP contribution in [0.1, 0.15) is 12.1 Å². The van der Waals surface area contributed by atoms with Crippen LogP contribution in [0.25, 0.3) is 0 Å². The van der Waals surface area contributed by atoms with Crippen molar-refractivity contribution < 1.29 is 18.9 Å². The molecule has 2 heterocycles. The predicted molar refractivity (Wildman–Crippen MR) is 73.9 cm³/mol. The van der Waals surface area contributed by atoms with E-state index in [1.54, 1.807) is 29.8 Å². The van der Waals surface area contributed by atoms with Crippen LogP contribution in [0.4, 0.5) is 0 Å². The number of nitrogens with zero attached hydrogens (tertiary/aromatic N) is 3. The predicted octanol–water partition coefficient (Wildman–Crippen LogP) is 1.53. The van der Waals surface area contributed by atoms with E-state index in [2.05, 4.69) is 14.2 Å². The average Bonchev–Trinajstić information content (AvgIpc) is 2.53. The lowest BCUT2D eigenvalue weighted by molar-refractivity contribution is -0.157. The number of hydrogen-bond acceptors (Lipinski definition) is 7. The summed E-state index contributed by atoms with van der Waals surface area (Å²) in [6.45, 7) is 0. The molecule has 0 amide bonds. The molecule has 1 aromatic heterocycles. The second kappa shape index (κ2) is 6.19. The van der Waals surface area contributed by atoms with E-state index in [0.29, 0.717) is 11.4 Å². The van der Waals surface area contributed by atoms with Crippen molar-refractivity contribution in [3.8, 4) is 5.40 Å². The average molecular weight is 303 g/mol. The summed E-state index contributed by atoms with van der Waals surface area (Å²) in [4.78, 5) is 31.7. The first-order chi connectivity index (χ1) is 10.1. The van der Waals surface area contributed by atoms with Gasteiger partial charge in [-0.15, -0.1) is 0 Å². The number of pyridine rings is 1. The van der Waals surface area contributed by atoms with Gasteiger partial charge in [-0.2, -0.15) is 5.26 Å². The molecule has 0 saturated carbocycles. The zero-order valence-corrected chi connectivity index (χ0v) is 11.4. The Kier molecular flexibility index (Phi) is 4.35. The molecule has 1 unspecified atom stereocenters. The van der Waals surface area contributed by atoms with Crippen LogP contribution in [0.5, 0.6) is 0 Å². The van der Waals surface area contributed by atoms with E-state index in [4.69, 9.17) is 5.26 Å². The summed E-state index contributed by atoms with van der Waals surface area (Å²) in [6, 6.07) is 5.11. The second-order valence-corrected chi connectivity index (χ2v) is 4.62. The Bertz CT molecular complexity index is 666. The van der Waals surface area contributed by atoms with Crippen molar-refractivity contribution >= 4 is 29.7 Å². The number of aliphatic imine (C=N–C) groups is 1. The van der Waals surface area contributed by atoms with Gasteiger partial charge < -0.3 is 9.29 Å². The molecule has 0 bridgehead atoms. The molecule has 0 saturated heterocycles. The van der Waals surface area contributed by atoms with Gasteiger partial charge in [0.1, 0.15) is 0 Å². The zero-order valence-electron chi connectivity index (χ0n) is 10.6. The molecule has 1 aliphatic rings. The third-order valence-corrected chi connectivity index (χ3v) is 3.21. The summed E-state index contributed by atoms with van der Waals surface area (Å²) in [5.41, 5.74) is -1.06. The highest BCUT2D eigenvalue weighted by Gasteiger charge is 2.48. The Hall–Kier alpha value is -2.66. The number of carboxylic acids is 1. The summed E-state index contributed by atoms with van der Waals surface area (Å²) >= 11 is 0.226. The van der Waals surface area contributed by atoms with Gasteiger partial charge in [0.15, 0.2) is 22.9 Å². The molecule has 106 valence electrons. The van der Waals surface area contributed by atoms with Gasteiger partial charge in [0.25, 0.3) is 0 Å². The number of aliphatic carboxylic acids is 1. The summed E-state index contributed by atoms with van der Waals surface area (Å²) in [5, 5.41) is 19.4. The summed E-state index contributed by atoms with van der Waals surface area (Å²) < 4.78 is 4.59. The van der Waals surface area contributed by atoms with Gasteiger partial charge in [-0.05, 0) is 18.2 Å². The standard InChI is InChI=1S/C13H9N3O4S/c14-8-21-20-12(19)13(11(17)18)4-6-16-10(7-13)9-3-1-2-5-15-9/h1-6H,7H2,(H,17,18). The van der Waals surface area contributed by atoms with Crippen LogP contribution in [0.2, 0.25) is 0 Å². The van der Waals surface area contributed by atoms with Gasteiger partial charge in [0.2, 0.25) is 0 Å². The van der Waals surface area contributed by atoms with E-state index in [1.807, 2.05) is 0 Å². The molecule has 1 aromatic rings. The molecule has 0 radical (unpaired) electrons. The lowest BCUT2D eigenvalue weighted by Crippen LogP contribution is -2.41. The van der Waals surface area contributed by atoms with Crippen LogP contribution in [0, 0.1) is 16.1 Å². The molecule has 1 N–H and O–H groups in total. The molecular weight excluding hydrogens is 294 g/mol. The third kappa shape index (κ3) is 2.93. The number of hydrogen-bond donors (Lipinski definition) is 1. The highest BCUT2D eigenvalue weighted by atomic mass is 32.2. The molecule has 0 spiro atoms. The van der Waals surface area contributed by atoms with E-state index in [0.717, 1.165) is 6.08 Å². The zero-order chi connectivity index (χ0) is 15.3. The van der Waals surface area contributed by atoms with Crippen molar-refractivity contribution in [2.45, 2.75) is 6.42 Å². The Morgan fingerprint density at radius 2 is 2.29 bits per heavy atom. The molecule has 2 rings (SSSR count). The maximum absolute atomic E-state index is 12.0. The second-order valence-electron chi connectivity index (χ2n) is 4.11. The molecular formula is C13H9N3O4S. The number of thiocyanates is 1. The van der Waals surface area contributed by atoms with Gasteiger partial charge >= 0.3 is 11.9 Å². The van der Waals surface area contributed by atoms with Gasteiger partial charge in [-0.1, -0.05) is 6.07 Å². The SMILES string of the molecule is N#CSOC(=O)C1(C(=O)O)C=CN=C(c2ccccn2)C1. The molecule has 0 aliphatic carbocycles. The van der Waals surface area contributed by atoms with E-state index >= 15 is 0 Å². The Balaban J connectivity index is 2.32. The minimum atomic E-state index is -1.90. The topological polar surface area (TPSA) is 113 Å². The summed E-state index contributed by atoms with van der Waals surface area (Å²) in [6.07, 6.45) is 3.74. The minimum Gasteiger partial charge on any atom is -0.480 e. The smallest absolute Gasteiger partial charge is 0.340 e. The maximum Gasteiger partial charge on any atom is 0.340 e. The molecule has 0 fully saturated rings. The number of carbonyl (C=O) groups is 2. The van der Waals surface area contributed by atoms with E-state index < -0.39 is 17.4 Å². The first-order valence-corrected chi connectivity index (χ1v) is 6.50. The number of carboxylic acid groups (broad SMARTS) is 1. The fourth-order valence-corrected chi connectivity index (χ4v) is 2.08. The van der Waals surface area contributed by atoms with Gasteiger partial charge in [0, 0.05) is 18.8 Å². The monoisotopic (exact) mass is 303 g/mol. The van der Waals surface area contributed by atoms with E-state index in [-0.39, 0.29) is 18.5 Å². The van der Waals surface area contributed by atoms with Crippen molar-refractivity contribution in [3.05, 3.63) is 42.4 Å². The van der Waals surface area contributed by atoms with Crippen molar-refractivity contribution in [1.29, 1.82) is 5.26 Å². The summed E-state index contributed by atoms with van der Waals surface area (Å²) in [7, 11) is 0. The molecule has 1 atom stereocenters. The number of rotatable bonds is 4. The maximum atomic E-state index is 12.0. The van der Waals surface area contributed by atoms with Crippen LogP contribution >= 0.6 is 12.0 Å². The van der Waals surface area contributed by atoms with E-state index in [1.165, 1.54) is 6.20 Å². The van der Waals surface area contributed by atoms with Crippen molar-refractivity contribution in [2.75, 3.05) is 0 Å². The van der Waals surface area contributed by atoms with Gasteiger partial charge in [-0.25, -0.2) is 4.79 Å². The summed E-state index contributed by atoms with van der Waals surface area (Å²) in [5.74, 6) is -2.40. The fourth-order valence-electron chi connectivity index (χ4n) is 1.82. The number of carbonyl (C=O) groups excluding carboxylic acids is 1. The van der Waals surface area contributed by atoms with Crippen LogP contribution in [0.3, 0.4) is 0 Å². The molecule has 0 aromatic carbocycles. The van der Waals surface area contributed by atoms with Crippen molar-refractivity contribution in [2.24, 2.45) is 10.4 Å². The lowest BCUT2D eigenvalue weighted by atomic mass is 9.80. The number of nitriles is 1. The highest BCUT2D eigenvalue weighted by Crippen LogP contribution is 2.33. The Morgan fingerprint density at radius 3 is 2.90 bits per heavy atom. The van der Waals surface area contributed by atoms with Crippen LogP contribution in [0.15, 0.2) is 41.7 Å². The van der Waals surface area contributed by atoms with Crippen LogP contribution in [-0.2, 0) is 13.8 Å². The van der Waals surface area contributed by atoms with Gasteiger partial charge in [-0.3, -0.25) is 14.8 Å².